The van der Waals surface area contributed by atoms with E-state index < -0.39 is 0 Å². The highest BCUT2D eigenvalue weighted by Crippen LogP contribution is 2.27. The SMILES string of the molecule is CCCNC(=S)Nc1nc(N2CCN(c3ccccc3)CC2)cc(N2CCCC(C)C2)n1. The maximum atomic E-state index is 5.45. The molecule has 0 spiro atoms. The second-order valence-electron chi connectivity index (χ2n) is 8.79. The van der Waals surface area contributed by atoms with Crippen molar-refractivity contribution in [1.29, 1.82) is 0 Å². The summed E-state index contributed by atoms with van der Waals surface area (Å²) in [4.78, 5) is 16.9. The molecule has 2 aromatic rings. The Morgan fingerprint density at radius 1 is 1.00 bits per heavy atom. The molecule has 2 saturated heterocycles. The van der Waals surface area contributed by atoms with E-state index in [1.54, 1.807) is 0 Å². The Labute approximate surface area is 197 Å². The van der Waals surface area contributed by atoms with Crippen LogP contribution in [0.1, 0.15) is 33.1 Å². The summed E-state index contributed by atoms with van der Waals surface area (Å²) >= 11 is 5.45. The number of para-hydroxylation sites is 1. The minimum absolute atomic E-state index is 0.579. The van der Waals surface area contributed by atoms with Gasteiger partial charge in [0.25, 0.3) is 0 Å². The van der Waals surface area contributed by atoms with Crippen LogP contribution in [-0.4, -0.2) is 60.9 Å². The molecule has 4 rings (SSSR count). The van der Waals surface area contributed by atoms with Crippen LogP contribution in [0.2, 0.25) is 0 Å². The largest absolute Gasteiger partial charge is 0.368 e. The van der Waals surface area contributed by atoms with Crippen LogP contribution in [0.25, 0.3) is 0 Å². The number of benzene rings is 1. The predicted octanol–water partition coefficient (Wildman–Crippen LogP) is 3.74. The topological polar surface area (TPSA) is 59.6 Å². The molecule has 0 aliphatic carbocycles. The van der Waals surface area contributed by atoms with Crippen LogP contribution in [0.4, 0.5) is 23.3 Å². The summed E-state index contributed by atoms with van der Waals surface area (Å²) in [6.45, 7) is 11.2. The summed E-state index contributed by atoms with van der Waals surface area (Å²) in [5.41, 5.74) is 1.28. The molecule has 1 atom stereocenters. The number of anilines is 4. The first-order valence-electron chi connectivity index (χ1n) is 11.9. The number of hydrogen-bond donors (Lipinski definition) is 2. The number of nitrogens with one attached hydrogen (secondary N) is 2. The van der Waals surface area contributed by atoms with Crippen molar-refractivity contribution in [2.45, 2.75) is 33.1 Å². The highest BCUT2D eigenvalue weighted by atomic mass is 32.1. The van der Waals surface area contributed by atoms with Crippen LogP contribution in [-0.2, 0) is 0 Å². The lowest BCUT2D eigenvalue weighted by Gasteiger charge is -2.37. The third kappa shape index (κ3) is 5.79. The fourth-order valence-corrected chi connectivity index (χ4v) is 4.61. The zero-order valence-electron chi connectivity index (χ0n) is 19.3. The van der Waals surface area contributed by atoms with E-state index in [1.165, 1.54) is 18.5 Å². The lowest BCUT2D eigenvalue weighted by atomic mass is 10.0. The van der Waals surface area contributed by atoms with Gasteiger partial charge < -0.3 is 25.3 Å². The Kier molecular flexibility index (Phi) is 7.63. The molecule has 0 radical (unpaired) electrons. The Morgan fingerprint density at radius 2 is 1.69 bits per heavy atom. The summed E-state index contributed by atoms with van der Waals surface area (Å²) in [6.07, 6.45) is 3.51. The summed E-state index contributed by atoms with van der Waals surface area (Å²) < 4.78 is 0. The van der Waals surface area contributed by atoms with Crippen LogP contribution >= 0.6 is 12.2 Å². The van der Waals surface area contributed by atoms with Gasteiger partial charge in [-0.15, -0.1) is 0 Å². The van der Waals surface area contributed by atoms with E-state index in [2.05, 4.69) is 75.6 Å². The zero-order chi connectivity index (χ0) is 22.3. The van der Waals surface area contributed by atoms with E-state index in [9.17, 15) is 0 Å². The minimum Gasteiger partial charge on any atom is -0.368 e. The van der Waals surface area contributed by atoms with Crippen LogP contribution in [0.5, 0.6) is 0 Å². The second-order valence-corrected chi connectivity index (χ2v) is 9.20. The molecule has 7 nitrogen and oxygen atoms in total. The van der Waals surface area contributed by atoms with Gasteiger partial charge in [0.15, 0.2) is 5.11 Å². The Morgan fingerprint density at radius 3 is 2.38 bits per heavy atom. The molecule has 0 amide bonds. The van der Waals surface area contributed by atoms with E-state index in [-0.39, 0.29) is 0 Å². The zero-order valence-corrected chi connectivity index (χ0v) is 20.1. The molecule has 2 fully saturated rings. The number of piperazine rings is 1. The molecule has 0 saturated carbocycles. The smallest absolute Gasteiger partial charge is 0.232 e. The van der Waals surface area contributed by atoms with Gasteiger partial charge in [0.05, 0.1) is 0 Å². The summed E-state index contributed by atoms with van der Waals surface area (Å²) in [5.74, 6) is 3.23. The summed E-state index contributed by atoms with van der Waals surface area (Å²) in [7, 11) is 0. The van der Waals surface area contributed by atoms with E-state index >= 15 is 0 Å². The van der Waals surface area contributed by atoms with Crippen molar-refractivity contribution >= 4 is 40.6 Å². The van der Waals surface area contributed by atoms with Gasteiger partial charge in [-0.3, -0.25) is 0 Å². The average Bonchev–Trinajstić information content (AvgIpc) is 2.83. The van der Waals surface area contributed by atoms with Gasteiger partial charge in [-0.25, -0.2) is 0 Å². The fraction of sp³-hybridized carbons (Fsp3) is 0.542. The lowest BCUT2D eigenvalue weighted by Crippen LogP contribution is -2.47. The number of aromatic nitrogens is 2. The van der Waals surface area contributed by atoms with E-state index in [1.807, 2.05) is 0 Å². The van der Waals surface area contributed by atoms with Crippen molar-refractivity contribution in [3.05, 3.63) is 36.4 Å². The minimum atomic E-state index is 0.579. The number of thiocarbonyl (C=S) groups is 1. The van der Waals surface area contributed by atoms with Crippen molar-refractivity contribution in [2.24, 2.45) is 5.92 Å². The van der Waals surface area contributed by atoms with Crippen molar-refractivity contribution in [1.82, 2.24) is 15.3 Å². The van der Waals surface area contributed by atoms with Gasteiger partial charge >= 0.3 is 0 Å². The van der Waals surface area contributed by atoms with Crippen molar-refractivity contribution < 1.29 is 0 Å². The Bertz CT molecular complexity index is 883. The molecule has 0 bridgehead atoms. The molecular weight excluding hydrogens is 418 g/mol. The molecular formula is C24H35N7S. The van der Waals surface area contributed by atoms with E-state index in [0.29, 0.717) is 17.0 Å². The van der Waals surface area contributed by atoms with Crippen molar-refractivity contribution in [3.63, 3.8) is 0 Å². The molecule has 2 aliphatic rings. The first-order valence-corrected chi connectivity index (χ1v) is 12.3. The monoisotopic (exact) mass is 453 g/mol. The van der Waals surface area contributed by atoms with Gasteiger partial charge in [0, 0.05) is 57.6 Å². The molecule has 3 heterocycles. The Hall–Kier alpha value is -2.61. The van der Waals surface area contributed by atoms with Gasteiger partial charge in [-0.2, -0.15) is 9.97 Å². The van der Waals surface area contributed by atoms with Gasteiger partial charge in [0.2, 0.25) is 5.95 Å². The molecule has 1 aromatic heterocycles. The predicted molar refractivity (Wildman–Crippen MR) is 138 cm³/mol. The van der Waals surface area contributed by atoms with Gasteiger partial charge in [-0.05, 0) is 49.5 Å². The molecule has 172 valence electrons. The van der Waals surface area contributed by atoms with Crippen LogP contribution < -0.4 is 25.3 Å². The van der Waals surface area contributed by atoms with Crippen LogP contribution in [0.3, 0.4) is 0 Å². The number of rotatable bonds is 6. The molecule has 2 N–H and O–H groups in total. The molecule has 2 aliphatic heterocycles. The Balaban J connectivity index is 1.51. The normalized spacial score (nSPS) is 19.1. The number of hydrogen-bond acceptors (Lipinski definition) is 6. The molecule has 8 heteroatoms. The third-order valence-electron chi connectivity index (χ3n) is 6.17. The number of nitrogens with zero attached hydrogens (tertiary/aromatic N) is 5. The second kappa shape index (κ2) is 10.8. The van der Waals surface area contributed by atoms with Crippen LogP contribution in [0.15, 0.2) is 36.4 Å². The number of piperidine rings is 1. The standard InChI is InChI=1S/C24H35N7S/c1-3-11-25-24(32)28-23-26-21(17-22(27-23)31-12-7-8-19(2)18-31)30-15-13-29(14-16-30)20-9-5-4-6-10-20/h4-6,9-10,17,19H,3,7-8,11-16,18H2,1-2H3,(H2,25,26,27,28,32). The molecule has 1 unspecified atom stereocenters. The fourth-order valence-electron chi connectivity index (χ4n) is 4.42. The highest BCUT2D eigenvalue weighted by molar-refractivity contribution is 7.80. The summed E-state index contributed by atoms with van der Waals surface area (Å²) in [6, 6.07) is 12.8. The first-order chi connectivity index (χ1) is 15.6. The van der Waals surface area contributed by atoms with Crippen molar-refractivity contribution in [2.75, 3.05) is 65.8 Å². The van der Waals surface area contributed by atoms with E-state index in [0.717, 1.165) is 63.9 Å². The average molecular weight is 454 g/mol. The maximum absolute atomic E-state index is 5.45. The highest BCUT2D eigenvalue weighted by Gasteiger charge is 2.23. The maximum Gasteiger partial charge on any atom is 0.232 e. The molecule has 1 aromatic carbocycles. The molecule has 32 heavy (non-hydrogen) atoms. The van der Waals surface area contributed by atoms with Crippen molar-refractivity contribution in [3.8, 4) is 0 Å². The third-order valence-corrected chi connectivity index (χ3v) is 6.41. The first kappa shape index (κ1) is 22.6. The lowest BCUT2D eigenvalue weighted by molar-refractivity contribution is 0.444. The quantitative estimate of drug-likeness (QED) is 0.642. The van der Waals surface area contributed by atoms with Gasteiger partial charge in [0.1, 0.15) is 11.6 Å². The van der Waals surface area contributed by atoms with Crippen LogP contribution in [0, 0.1) is 5.92 Å². The van der Waals surface area contributed by atoms with Gasteiger partial charge in [-0.1, -0.05) is 32.0 Å². The summed E-state index contributed by atoms with van der Waals surface area (Å²) in [5, 5.41) is 7.01. The van der Waals surface area contributed by atoms with E-state index in [4.69, 9.17) is 22.2 Å².